The first-order valence-corrected chi connectivity index (χ1v) is 18.9. The number of ether oxygens (including phenoxy) is 3. The second-order valence-electron chi connectivity index (χ2n) is 14.5. The number of alkyl halides is 3. The number of nitrogens with one attached hydrogen (secondary N) is 1. The molecule has 4 aromatic rings. The number of aliphatic carboxylic acids is 1. The fourth-order valence-electron chi connectivity index (χ4n) is 8.02. The second-order valence-corrected chi connectivity index (χ2v) is 14.9. The summed E-state index contributed by atoms with van der Waals surface area (Å²) in [7, 11) is 2.82. The molecule has 56 heavy (non-hydrogen) atoms. The second kappa shape index (κ2) is 16.4. The lowest BCUT2D eigenvalue weighted by Gasteiger charge is -2.22. The molecule has 0 radical (unpaired) electrons. The van der Waals surface area contributed by atoms with Crippen LogP contribution in [0.15, 0.2) is 48.5 Å². The van der Waals surface area contributed by atoms with E-state index >= 15 is 4.39 Å². The number of carbonyl (C=O) groups excluding carboxylic acids is 1. The Kier molecular flexibility index (Phi) is 11.5. The summed E-state index contributed by atoms with van der Waals surface area (Å²) in [5, 5.41) is 13.1. The molecule has 0 amide bonds. The van der Waals surface area contributed by atoms with E-state index in [1.54, 1.807) is 23.1 Å². The minimum absolute atomic E-state index is 0.0120. The monoisotopic (exact) mass is 796 g/mol. The zero-order valence-corrected chi connectivity index (χ0v) is 31.6. The first-order valence-electron chi connectivity index (χ1n) is 18.5. The van der Waals surface area contributed by atoms with Crippen molar-refractivity contribution in [3.05, 3.63) is 87.2 Å². The number of Topliss-reactive ketones (excluding diaryl/α,β-unsaturated/α-hetero) is 1. The molecule has 296 valence electrons. The number of carboxylic acid groups (broad SMARTS) is 1. The summed E-state index contributed by atoms with van der Waals surface area (Å²) < 4.78 is 76.0. The molecule has 2 fully saturated rings. The van der Waals surface area contributed by atoms with Crippen molar-refractivity contribution in [2.75, 3.05) is 33.9 Å². The Morgan fingerprint density at radius 1 is 0.964 bits per heavy atom. The maximum Gasteiger partial charge on any atom is 0.421 e. The van der Waals surface area contributed by atoms with Gasteiger partial charge in [-0.2, -0.15) is 18.2 Å². The summed E-state index contributed by atoms with van der Waals surface area (Å²) in [6.45, 7) is 1.82. The van der Waals surface area contributed by atoms with Crippen LogP contribution < -0.4 is 19.5 Å². The van der Waals surface area contributed by atoms with E-state index in [0.29, 0.717) is 101 Å². The summed E-state index contributed by atoms with van der Waals surface area (Å²) in [5.41, 5.74) is 3.04. The molecule has 15 heteroatoms. The van der Waals surface area contributed by atoms with E-state index in [4.69, 9.17) is 30.8 Å². The summed E-state index contributed by atoms with van der Waals surface area (Å²) in [6.07, 6.45) is -2.69. The number of fused-ring (bicyclic) bond motifs is 1. The minimum Gasteiger partial charge on any atom is -0.481 e. The van der Waals surface area contributed by atoms with Crippen LogP contribution in [0.2, 0.25) is 5.02 Å². The van der Waals surface area contributed by atoms with Crippen molar-refractivity contribution in [2.24, 2.45) is 11.8 Å². The molecular weight excluding hydrogens is 756 g/mol. The van der Waals surface area contributed by atoms with Gasteiger partial charge in [-0.15, -0.1) is 0 Å². The number of benzene rings is 2. The predicted molar refractivity (Wildman–Crippen MR) is 199 cm³/mol. The van der Waals surface area contributed by atoms with E-state index in [0.717, 1.165) is 18.1 Å². The van der Waals surface area contributed by atoms with E-state index in [2.05, 4.69) is 10.3 Å². The van der Waals surface area contributed by atoms with E-state index in [1.807, 2.05) is 12.1 Å². The van der Waals surface area contributed by atoms with Gasteiger partial charge in [-0.3, -0.25) is 14.5 Å². The summed E-state index contributed by atoms with van der Waals surface area (Å²) in [5.74, 6) is -1.92. The number of halogens is 5. The topological polar surface area (TPSA) is 123 Å². The Hall–Kier alpha value is -4.79. The van der Waals surface area contributed by atoms with Crippen molar-refractivity contribution in [2.45, 2.75) is 63.9 Å². The molecule has 1 saturated carbocycles. The average molecular weight is 797 g/mol. The summed E-state index contributed by atoms with van der Waals surface area (Å²) in [4.78, 5) is 33.7. The molecule has 3 atom stereocenters. The number of ketones is 1. The molecule has 3 aliphatic rings. The smallest absolute Gasteiger partial charge is 0.421 e. The third-order valence-corrected chi connectivity index (χ3v) is 11.2. The first kappa shape index (κ1) is 39.4. The highest BCUT2D eigenvalue weighted by Gasteiger charge is 2.39. The van der Waals surface area contributed by atoms with Gasteiger partial charge in [0, 0.05) is 54.7 Å². The van der Waals surface area contributed by atoms with Crippen LogP contribution in [0.5, 0.6) is 17.6 Å². The first-order chi connectivity index (χ1) is 26.8. The SMILES string of the molecule is COc1nc(-c2cccc(-c3cc(F)cc4c3CC[C@@H]4Oc3nc(OC)c(CN4CC[C@@H](C(=O)O)C4)cc3C(F)(F)F)c2Cl)ccc1CNC[C@@H]1CCC(=O)C1. The number of carbonyl (C=O) groups is 2. The zero-order chi connectivity index (χ0) is 39.7. The van der Waals surface area contributed by atoms with Gasteiger partial charge in [0.05, 0.1) is 30.9 Å². The third kappa shape index (κ3) is 8.33. The number of likely N-dealkylation sites (tertiary alicyclic amines) is 1. The van der Waals surface area contributed by atoms with Crippen LogP contribution in [0.25, 0.3) is 22.4 Å². The van der Waals surface area contributed by atoms with E-state index in [9.17, 15) is 27.9 Å². The summed E-state index contributed by atoms with van der Waals surface area (Å²) >= 11 is 7.05. The van der Waals surface area contributed by atoms with Gasteiger partial charge in [-0.25, -0.2) is 9.37 Å². The van der Waals surface area contributed by atoms with Gasteiger partial charge in [-0.05, 0) is 85.6 Å². The van der Waals surface area contributed by atoms with Crippen LogP contribution in [0.4, 0.5) is 17.6 Å². The van der Waals surface area contributed by atoms with Crippen molar-refractivity contribution < 1.29 is 46.5 Å². The molecule has 3 heterocycles. The van der Waals surface area contributed by atoms with Crippen molar-refractivity contribution in [3.63, 3.8) is 0 Å². The highest BCUT2D eigenvalue weighted by molar-refractivity contribution is 6.36. The number of nitrogens with zero attached hydrogens (tertiary/aromatic N) is 3. The van der Waals surface area contributed by atoms with Crippen LogP contribution in [0.3, 0.4) is 0 Å². The Balaban J connectivity index is 1.14. The van der Waals surface area contributed by atoms with Crippen LogP contribution in [0.1, 0.15) is 66.0 Å². The minimum atomic E-state index is -4.84. The quantitative estimate of drug-likeness (QED) is 0.129. The van der Waals surface area contributed by atoms with Gasteiger partial charge < -0.3 is 24.6 Å². The number of rotatable bonds is 13. The molecule has 10 nitrogen and oxygen atoms in total. The Bertz CT molecular complexity index is 2150. The number of carboxylic acids is 1. The van der Waals surface area contributed by atoms with E-state index < -0.39 is 41.4 Å². The molecule has 1 aliphatic heterocycles. The Labute approximate surface area is 326 Å². The lowest BCUT2D eigenvalue weighted by molar-refractivity contribution is -0.141. The number of hydrogen-bond donors (Lipinski definition) is 2. The van der Waals surface area contributed by atoms with Crippen LogP contribution in [-0.4, -0.2) is 65.6 Å². The van der Waals surface area contributed by atoms with Gasteiger partial charge in [0.1, 0.15) is 23.3 Å². The van der Waals surface area contributed by atoms with Crippen LogP contribution in [-0.2, 0) is 35.3 Å². The largest absolute Gasteiger partial charge is 0.481 e. The molecule has 7 rings (SSSR count). The molecule has 0 spiro atoms. The van der Waals surface area contributed by atoms with Gasteiger partial charge >= 0.3 is 12.1 Å². The number of aromatic nitrogens is 2. The van der Waals surface area contributed by atoms with Gasteiger partial charge in [0.2, 0.25) is 17.6 Å². The van der Waals surface area contributed by atoms with Crippen LogP contribution >= 0.6 is 11.6 Å². The van der Waals surface area contributed by atoms with Crippen molar-refractivity contribution in [1.82, 2.24) is 20.2 Å². The fourth-order valence-corrected chi connectivity index (χ4v) is 8.35. The molecule has 2 aromatic heterocycles. The van der Waals surface area contributed by atoms with Crippen LogP contribution in [0, 0.1) is 17.7 Å². The van der Waals surface area contributed by atoms with Crippen molar-refractivity contribution in [3.8, 4) is 40.0 Å². The van der Waals surface area contributed by atoms with Gasteiger partial charge in [-0.1, -0.05) is 35.9 Å². The zero-order valence-electron chi connectivity index (χ0n) is 30.8. The van der Waals surface area contributed by atoms with Gasteiger partial charge in [0.15, 0.2) is 0 Å². The fraction of sp³-hybridized carbons (Fsp3) is 0.415. The molecule has 2 aliphatic carbocycles. The molecular formula is C41H41ClF4N4O6. The average Bonchev–Trinajstić information content (AvgIpc) is 3.92. The van der Waals surface area contributed by atoms with E-state index in [1.165, 1.54) is 26.4 Å². The Morgan fingerprint density at radius 3 is 2.43 bits per heavy atom. The predicted octanol–water partition coefficient (Wildman–Crippen LogP) is 8.07. The number of hydrogen-bond acceptors (Lipinski definition) is 9. The maximum absolute atomic E-state index is 15.4. The number of methoxy groups -OCH3 is 2. The lowest BCUT2D eigenvalue weighted by Crippen LogP contribution is -2.24. The number of pyridine rings is 2. The summed E-state index contributed by atoms with van der Waals surface area (Å²) in [6, 6.07) is 12.6. The lowest BCUT2D eigenvalue weighted by atomic mass is 9.94. The Morgan fingerprint density at radius 2 is 1.73 bits per heavy atom. The molecule has 2 aromatic carbocycles. The van der Waals surface area contributed by atoms with Crippen molar-refractivity contribution >= 4 is 23.4 Å². The standard InChI is InChI=1S/C41H41ClF4N4O6/c1-54-37-23(19-47-18-22-6-8-27(51)14-22)7-10-34(48-37)30-5-3-4-29(36(30)42)31-16-26(43)17-32-28(31)9-11-35(32)56-39-33(41(44,45)46)15-25(38(49-39)55-2)21-50-13-12-24(20-50)40(52)53/h3-5,7,10,15-17,22,24,35,47H,6,8-9,11-14,18-21H2,1-2H3,(H,52,53)/t22-,24-,35+/m1/s1. The normalized spacial score (nSPS) is 19.7. The molecule has 1 saturated heterocycles. The van der Waals surface area contributed by atoms with E-state index in [-0.39, 0.29) is 31.0 Å². The maximum atomic E-state index is 15.4. The van der Waals surface area contributed by atoms with Crippen molar-refractivity contribution in [1.29, 1.82) is 0 Å². The molecule has 0 unspecified atom stereocenters. The highest BCUT2D eigenvalue weighted by Crippen LogP contribution is 2.46. The highest BCUT2D eigenvalue weighted by atomic mass is 35.5. The van der Waals surface area contributed by atoms with Gasteiger partial charge in [0.25, 0.3) is 0 Å². The molecule has 2 N–H and O–H groups in total. The molecule has 0 bridgehead atoms. The third-order valence-electron chi connectivity index (χ3n) is 10.8.